The summed E-state index contributed by atoms with van der Waals surface area (Å²) in [5.74, 6) is -0.586. The molecule has 0 aromatic carbocycles. The highest BCUT2D eigenvalue weighted by Crippen LogP contribution is 2.33. The van der Waals surface area contributed by atoms with Gasteiger partial charge in [0.2, 0.25) is 0 Å². The van der Waals surface area contributed by atoms with Gasteiger partial charge in [0, 0.05) is 20.3 Å². The van der Waals surface area contributed by atoms with Crippen LogP contribution in [0.1, 0.15) is 26.5 Å². The Bertz CT molecular complexity index is 776. The van der Waals surface area contributed by atoms with Gasteiger partial charge in [0.05, 0.1) is 12.4 Å². The maximum atomic E-state index is 11.4. The number of fused-ring (bicyclic) bond motifs is 1. The van der Waals surface area contributed by atoms with E-state index in [1.165, 1.54) is 26.5 Å². The molecule has 0 unspecified atom stereocenters. The van der Waals surface area contributed by atoms with Crippen molar-refractivity contribution in [3.05, 3.63) is 12.7 Å². The fourth-order valence-corrected chi connectivity index (χ4v) is 2.65. The van der Waals surface area contributed by atoms with E-state index in [1.54, 1.807) is 4.57 Å². The molecule has 0 amide bonds. The smallest absolute Gasteiger partial charge is 0.303 e. The molecule has 2 aromatic rings. The van der Waals surface area contributed by atoms with Gasteiger partial charge in [-0.1, -0.05) is 0 Å². The first-order valence-corrected chi connectivity index (χ1v) is 7.34. The van der Waals surface area contributed by atoms with Gasteiger partial charge in [-0.2, -0.15) is 0 Å². The molecule has 1 aliphatic heterocycles. The second-order valence-corrected chi connectivity index (χ2v) is 5.42. The molecule has 128 valence electrons. The number of carbonyl (C=O) groups excluding carboxylic acids is 2. The van der Waals surface area contributed by atoms with Crippen LogP contribution in [0.3, 0.4) is 0 Å². The van der Waals surface area contributed by atoms with Crippen molar-refractivity contribution in [2.24, 2.45) is 0 Å². The van der Waals surface area contributed by atoms with Crippen molar-refractivity contribution >= 4 is 28.9 Å². The predicted octanol–water partition coefficient (Wildman–Crippen LogP) is 0.191. The number of hydrogen-bond acceptors (Lipinski definition) is 9. The van der Waals surface area contributed by atoms with Gasteiger partial charge in [0.1, 0.15) is 24.6 Å². The minimum Gasteiger partial charge on any atom is -0.463 e. The molecule has 0 bridgehead atoms. The first-order valence-electron chi connectivity index (χ1n) is 7.34. The lowest BCUT2D eigenvalue weighted by Crippen LogP contribution is -2.24. The van der Waals surface area contributed by atoms with E-state index in [2.05, 4.69) is 15.0 Å². The zero-order valence-corrected chi connectivity index (χ0v) is 13.2. The summed E-state index contributed by atoms with van der Waals surface area (Å²) < 4.78 is 17.8. The summed E-state index contributed by atoms with van der Waals surface area (Å²) in [6.07, 6.45) is 1.61. The van der Waals surface area contributed by atoms with E-state index in [4.69, 9.17) is 19.9 Å². The van der Waals surface area contributed by atoms with Gasteiger partial charge in [0.15, 0.2) is 17.7 Å². The van der Waals surface area contributed by atoms with Crippen LogP contribution in [-0.2, 0) is 23.8 Å². The number of hydrogen-bond donors (Lipinski definition) is 1. The fourth-order valence-electron chi connectivity index (χ4n) is 2.65. The molecule has 3 heterocycles. The largest absolute Gasteiger partial charge is 0.463 e. The number of rotatable bonds is 4. The van der Waals surface area contributed by atoms with Crippen LogP contribution in [-0.4, -0.2) is 50.3 Å². The summed E-state index contributed by atoms with van der Waals surface area (Å²) in [6.45, 7) is 2.72. The van der Waals surface area contributed by atoms with Crippen LogP contribution in [0.4, 0.5) is 5.82 Å². The van der Waals surface area contributed by atoms with Crippen LogP contribution in [0, 0.1) is 0 Å². The molecule has 2 aromatic heterocycles. The lowest BCUT2D eigenvalue weighted by atomic mass is 10.2. The molecular weight excluding hydrogens is 318 g/mol. The highest BCUT2D eigenvalue weighted by atomic mass is 16.6. The normalized spacial score (nSPS) is 23.3. The van der Waals surface area contributed by atoms with E-state index < -0.39 is 30.4 Å². The minimum absolute atomic E-state index is 0.0767. The van der Waals surface area contributed by atoms with Gasteiger partial charge in [-0.3, -0.25) is 14.2 Å². The molecular formula is C14H17N5O5. The number of ether oxygens (including phenoxy) is 3. The molecule has 1 fully saturated rings. The van der Waals surface area contributed by atoms with Crippen LogP contribution < -0.4 is 5.73 Å². The summed E-state index contributed by atoms with van der Waals surface area (Å²) in [5, 5.41) is 0. The van der Waals surface area contributed by atoms with Gasteiger partial charge in [-0.05, 0) is 0 Å². The van der Waals surface area contributed by atoms with Gasteiger partial charge >= 0.3 is 11.9 Å². The number of anilines is 1. The van der Waals surface area contributed by atoms with Crippen molar-refractivity contribution in [3.8, 4) is 0 Å². The van der Waals surface area contributed by atoms with Crippen molar-refractivity contribution < 1.29 is 23.8 Å². The minimum atomic E-state index is -0.645. The van der Waals surface area contributed by atoms with Crippen molar-refractivity contribution in [1.82, 2.24) is 19.5 Å². The van der Waals surface area contributed by atoms with Crippen LogP contribution in [0.25, 0.3) is 11.2 Å². The Hall–Kier alpha value is -2.75. The summed E-state index contributed by atoms with van der Waals surface area (Å²) in [5.41, 5.74) is 6.69. The highest BCUT2D eigenvalue weighted by molar-refractivity contribution is 5.81. The van der Waals surface area contributed by atoms with E-state index in [1.807, 2.05) is 0 Å². The van der Waals surface area contributed by atoms with Crippen LogP contribution >= 0.6 is 0 Å². The zero-order chi connectivity index (χ0) is 17.3. The molecule has 2 N–H and O–H groups in total. The Balaban J connectivity index is 1.88. The highest BCUT2D eigenvalue weighted by Gasteiger charge is 2.40. The van der Waals surface area contributed by atoms with Crippen LogP contribution in [0.2, 0.25) is 0 Å². The standard InChI is InChI=1S/C14H17N5O5/c1-7(20)22-4-9-3-10(23-8(2)21)14(24-9)19-6-18-11-12(15)16-5-17-13(11)19/h5-6,9-10,14H,3-4H2,1-2H3,(H2,15,16,17)/t9-,10+,14+/m0/s1. The molecule has 3 rings (SSSR count). The molecule has 1 aliphatic rings. The van der Waals surface area contributed by atoms with Crippen molar-refractivity contribution in [3.63, 3.8) is 0 Å². The molecule has 0 spiro atoms. The van der Waals surface area contributed by atoms with Gasteiger partial charge in [0.25, 0.3) is 0 Å². The Morgan fingerprint density at radius 3 is 2.83 bits per heavy atom. The third kappa shape index (κ3) is 3.13. The van der Waals surface area contributed by atoms with Crippen LogP contribution in [0.5, 0.6) is 0 Å². The second-order valence-electron chi connectivity index (χ2n) is 5.42. The summed E-state index contributed by atoms with van der Waals surface area (Å²) in [7, 11) is 0. The Labute approximate surface area is 136 Å². The third-order valence-electron chi connectivity index (χ3n) is 3.60. The first kappa shape index (κ1) is 16.1. The number of carbonyl (C=O) groups is 2. The van der Waals surface area contributed by atoms with Gasteiger partial charge in [-0.15, -0.1) is 0 Å². The van der Waals surface area contributed by atoms with E-state index in [9.17, 15) is 9.59 Å². The van der Waals surface area contributed by atoms with Crippen molar-refractivity contribution in [2.45, 2.75) is 38.7 Å². The molecule has 24 heavy (non-hydrogen) atoms. The molecule has 3 atom stereocenters. The topological polar surface area (TPSA) is 131 Å². The number of nitrogen functional groups attached to an aromatic ring is 1. The number of imidazole rings is 1. The fraction of sp³-hybridized carbons (Fsp3) is 0.500. The summed E-state index contributed by atoms with van der Waals surface area (Å²) in [4.78, 5) is 34.6. The maximum absolute atomic E-state index is 11.4. The zero-order valence-electron chi connectivity index (χ0n) is 13.2. The molecule has 10 heteroatoms. The number of nitrogens with zero attached hydrogens (tertiary/aromatic N) is 4. The Kier molecular flexibility index (Phi) is 4.30. The predicted molar refractivity (Wildman–Crippen MR) is 80.4 cm³/mol. The number of aromatic nitrogens is 4. The van der Waals surface area contributed by atoms with E-state index in [0.29, 0.717) is 17.6 Å². The van der Waals surface area contributed by atoms with Crippen molar-refractivity contribution in [1.29, 1.82) is 0 Å². The number of esters is 2. The number of nitrogens with two attached hydrogens (primary N) is 1. The molecule has 0 aliphatic carbocycles. The van der Waals surface area contributed by atoms with E-state index >= 15 is 0 Å². The molecule has 0 radical (unpaired) electrons. The SMILES string of the molecule is CC(=O)OC[C@@H]1C[C@@H](OC(C)=O)[C@H](n2cnc3c(N)ncnc32)O1. The Morgan fingerprint density at radius 2 is 2.12 bits per heavy atom. The average molecular weight is 335 g/mol. The third-order valence-corrected chi connectivity index (χ3v) is 3.60. The summed E-state index contributed by atoms with van der Waals surface area (Å²) in [6, 6.07) is 0. The van der Waals surface area contributed by atoms with Gasteiger partial charge < -0.3 is 19.9 Å². The lowest BCUT2D eigenvalue weighted by molar-refractivity contribution is -0.152. The van der Waals surface area contributed by atoms with E-state index in [0.717, 1.165) is 0 Å². The van der Waals surface area contributed by atoms with Crippen molar-refractivity contribution in [2.75, 3.05) is 12.3 Å². The first-order chi connectivity index (χ1) is 11.5. The summed E-state index contributed by atoms with van der Waals surface area (Å²) >= 11 is 0. The molecule has 0 saturated carbocycles. The Morgan fingerprint density at radius 1 is 1.33 bits per heavy atom. The van der Waals surface area contributed by atoms with Crippen LogP contribution in [0.15, 0.2) is 12.7 Å². The average Bonchev–Trinajstić information content (AvgIpc) is 3.09. The lowest BCUT2D eigenvalue weighted by Gasteiger charge is -2.19. The maximum Gasteiger partial charge on any atom is 0.303 e. The van der Waals surface area contributed by atoms with E-state index in [-0.39, 0.29) is 12.4 Å². The molecule has 1 saturated heterocycles. The monoisotopic (exact) mass is 335 g/mol. The quantitative estimate of drug-likeness (QED) is 0.777. The molecule has 10 nitrogen and oxygen atoms in total. The van der Waals surface area contributed by atoms with Gasteiger partial charge in [-0.25, -0.2) is 15.0 Å². The second kappa shape index (κ2) is 6.40.